The number of hydrogen-bond acceptors (Lipinski definition) is 6. The molecule has 216 valence electrons. The number of benzene rings is 1. The van der Waals surface area contributed by atoms with Crippen molar-refractivity contribution in [2.24, 2.45) is 5.92 Å². The second-order valence-electron chi connectivity index (χ2n) is 10.7. The molecule has 1 aromatic carbocycles. The molecule has 5 heterocycles. The number of fused-ring (bicyclic) bond motifs is 4. The Morgan fingerprint density at radius 1 is 1.14 bits per heavy atom. The maximum Gasteiger partial charge on any atom is 0.247 e. The van der Waals surface area contributed by atoms with E-state index in [9.17, 15) is 14.0 Å². The van der Waals surface area contributed by atoms with Crippen molar-refractivity contribution in [1.82, 2.24) is 34.7 Å². The summed E-state index contributed by atoms with van der Waals surface area (Å²) in [6.45, 7) is 3.73. The molecule has 0 radical (unpaired) electrons. The first-order valence-electron chi connectivity index (χ1n) is 14.0. The van der Waals surface area contributed by atoms with Gasteiger partial charge in [0.25, 0.3) is 0 Å². The van der Waals surface area contributed by atoms with Gasteiger partial charge in [-0.2, -0.15) is 5.10 Å². The summed E-state index contributed by atoms with van der Waals surface area (Å²) < 4.78 is 17.5. The normalized spacial score (nSPS) is 20.2. The van der Waals surface area contributed by atoms with Gasteiger partial charge in [0, 0.05) is 40.9 Å². The summed E-state index contributed by atoms with van der Waals surface area (Å²) in [7, 11) is 0. The highest BCUT2D eigenvalue weighted by molar-refractivity contribution is 6.30. The molecule has 10 nitrogen and oxygen atoms in total. The molecule has 0 spiro atoms. The number of alkyl halides is 1. The van der Waals surface area contributed by atoms with Crippen molar-refractivity contribution >= 4 is 34.7 Å². The first-order chi connectivity index (χ1) is 20.3. The Balaban J connectivity index is 1.38. The smallest absolute Gasteiger partial charge is 0.247 e. The largest absolute Gasteiger partial charge is 0.330 e. The summed E-state index contributed by atoms with van der Waals surface area (Å²) in [4.78, 5) is 33.3. The lowest BCUT2D eigenvalue weighted by Gasteiger charge is -2.34. The van der Waals surface area contributed by atoms with Gasteiger partial charge < -0.3 is 10.2 Å². The number of nitrogens with one attached hydrogen (secondary N) is 1. The minimum Gasteiger partial charge on any atom is -0.330 e. The van der Waals surface area contributed by atoms with Gasteiger partial charge >= 0.3 is 0 Å². The van der Waals surface area contributed by atoms with E-state index < -0.39 is 6.30 Å². The number of pyridine rings is 1. The van der Waals surface area contributed by atoms with Crippen LogP contribution in [0.25, 0.3) is 22.5 Å². The highest BCUT2D eigenvalue weighted by atomic mass is 35.5. The van der Waals surface area contributed by atoms with E-state index in [0.29, 0.717) is 59.9 Å². The molecule has 0 fully saturated rings. The number of rotatable bonds is 4. The van der Waals surface area contributed by atoms with Gasteiger partial charge in [-0.3, -0.25) is 14.6 Å². The lowest BCUT2D eigenvalue weighted by atomic mass is 9.93. The third-order valence-corrected chi connectivity index (χ3v) is 8.14. The van der Waals surface area contributed by atoms with E-state index in [4.69, 9.17) is 11.6 Å². The number of carbonyl (C=O) groups is 2. The van der Waals surface area contributed by atoms with Crippen LogP contribution in [0.3, 0.4) is 0 Å². The van der Waals surface area contributed by atoms with Crippen molar-refractivity contribution in [1.29, 1.82) is 0 Å². The van der Waals surface area contributed by atoms with Crippen LogP contribution in [0, 0.1) is 5.92 Å². The number of hydrogen-bond donors (Lipinski definition) is 1. The second-order valence-corrected chi connectivity index (χ2v) is 11.1. The highest BCUT2D eigenvalue weighted by Gasteiger charge is 2.31. The molecular formula is C30H30ClFN8O2. The van der Waals surface area contributed by atoms with E-state index in [1.165, 1.54) is 17.8 Å². The minimum atomic E-state index is -1.41. The summed E-state index contributed by atoms with van der Waals surface area (Å²) in [5, 5.41) is 15.7. The lowest BCUT2D eigenvalue weighted by Crippen LogP contribution is -2.38. The summed E-state index contributed by atoms with van der Waals surface area (Å²) in [5.41, 5.74) is 4.72. The number of nitrogens with zero attached hydrogens (tertiary/aromatic N) is 7. The van der Waals surface area contributed by atoms with E-state index in [1.54, 1.807) is 41.5 Å². The Morgan fingerprint density at radius 2 is 2.00 bits per heavy atom. The molecule has 0 aliphatic carbocycles. The molecule has 0 saturated heterocycles. The zero-order valence-corrected chi connectivity index (χ0v) is 24.0. The van der Waals surface area contributed by atoms with Crippen LogP contribution < -0.4 is 5.32 Å². The predicted octanol–water partition coefficient (Wildman–Crippen LogP) is 5.78. The third-order valence-electron chi connectivity index (χ3n) is 7.90. The van der Waals surface area contributed by atoms with Crippen molar-refractivity contribution in [3.8, 4) is 16.9 Å². The average molecular weight is 589 g/mol. The summed E-state index contributed by atoms with van der Waals surface area (Å²) in [6.07, 6.45) is 9.27. The van der Waals surface area contributed by atoms with E-state index in [-0.39, 0.29) is 23.8 Å². The zero-order valence-electron chi connectivity index (χ0n) is 23.2. The van der Waals surface area contributed by atoms with Crippen molar-refractivity contribution in [3.63, 3.8) is 0 Å². The van der Waals surface area contributed by atoms with Crippen LogP contribution in [0.2, 0.25) is 5.02 Å². The quantitative estimate of drug-likeness (QED) is 0.323. The van der Waals surface area contributed by atoms with Gasteiger partial charge in [-0.15, -0.1) is 5.10 Å². The fraction of sp³-hybridized carbons (Fsp3) is 0.333. The van der Waals surface area contributed by atoms with Gasteiger partial charge in [0.05, 0.1) is 47.4 Å². The van der Waals surface area contributed by atoms with Crippen LogP contribution >= 0.6 is 11.6 Å². The number of carbonyl (C=O) groups excluding carboxylic acids is 2. The minimum absolute atomic E-state index is 0.140. The Bertz CT molecular complexity index is 1670. The molecular weight excluding hydrogens is 559 g/mol. The molecule has 0 saturated carbocycles. The molecule has 3 atom stereocenters. The Hall–Kier alpha value is -4.38. The molecule has 2 bridgehead atoms. The van der Waals surface area contributed by atoms with Crippen LogP contribution in [-0.4, -0.2) is 53.0 Å². The zero-order chi connectivity index (χ0) is 29.4. The number of aromatic nitrogens is 6. The van der Waals surface area contributed by atoms with Crippen molar-refractivity contribution in [3.05, 3.63) is 77.5 Å². The highest BCUT2D eigenvalue weighted by Crippen LogP contribution is 2.37. The molecule has 3 aromatic heterocycles. The number of amides is 2. The van der Waals surface area contributed by atoms with E-state index in [2.05, 4.69) is 25.7 Å². The first-order valence-corrected chi connectivity index (χ1v) is 14.3. The molecule has 2 aliphatic heterocycles. The van der Waals surface area contributed by atoms with E-state index in [1.807, 2.05) is 30.0 Å². The molecule has 2 aliphatic rings. The van der Waals surface area contributed by atoms with Crippen molar-refractivity contribution in [2.75, 3.05) is 11.9 Å². The SMILES string of the molecule is CC(F)n1ncc2c1-c1ccnc(c1)[C@@H](N1CCC(c3cc(Cl)ccc3-n3ccnn3)=CC1=O)CCC[C@@H](C)C(=O)N2. The molecule has 6 rings (SSSR count). The van der Waals surface area contributed by atoms with E-state index >= 15 is 0 Å². The van der Waals surface area contributed by atoms with Gasteiger partial charge in [-0.05, 0) is 62.1 Å². The Labute approximate surface area is 247 Å². The number of halogens is 2. The van der Waals surface area contributed by atoms with Gasteiger partial charge in [-0.25, -0.2) is 13.8 Å². The van der Waals surface area contributed by atoms with Crippen LogP contribution in [0.4, 0.5) is 10.1 Å². The van der Waals surface area contributed by atoms with Crippen LogP contribution in [0.5, 0.6) is 0 Å². The molecule has 1 unspecified atom stereocenters. The van der Waals surface area contributed by atoms with Crippen molar-refractivity contribution in [2.45, 2.75) is 51.9 Å². The standard InChI is InChI=1S/C30H30ClFN8O2/c1-18-4-3-5-27(24-14-21(8-10-33-24)29-25(36-30(18)42)17-35-40(29)19(2)32)38-12-9-20(15-28(38)41)23-16-22(31)6-7-26(23)39-13-11-34-37-39/h6-8,10-11,13-19,27H,3-5,9,12H2,1-2H3,(H,36,42)/t18-,19?,27+/m1/s1. The summed E-state index contributed by atoms with van der Waals surface area (Å²) in [6, 6.07) is 8.79. The van der Waals surface area contributed by atoms with E-state index in [0.717, 1.165) is 16.8 Å². The molecule has 12 heteroatoms. The summed E-state index contributed by atoms with van der Waals surface area (Å²) >= 11 is 6.36. The van der Waals surface area contributed by atoms with Gasteiger partial charge in [0.15, 0.2) is 6.30 Å². The maximum atomic E-state index is 14.6. The molecule has 4 aromatic rings. The predicted molar refractivity (Wildman–Crippen MR) is 156 cm³/mol. The lowest BCUT2D eigenvalue weighted by molar-refractivity contribution is -0.129. The maximum absolute atomic E-state index is 14.6. The van der Waals surface area contributed by atoms with Crippen LogP contribution in [0.1, 0.15) is 63.1 Å². The number of anilines is 1. The van der Waals surface area contributed by atoms with Crippen LogP contribution in [0.15, 0.2) is 61.2 Å². The fourth-order valence-electron chi connectivity index (χ4n) is 5.74. The second kappa shape index (κ2) is 11.5. The Morgan fingerprint density at radius 3 is 2.76 bits per heavy atom. The Kier molecular flexibility index (Phi) is 7.59. The average Bonchev–Trinajstić information content (AvgIpc) is 3.66. The molecule has 2 amide bonds. The van der Waals surface area contributed by atoms with Crippen molar-refractivity contribution < 1.29 is 14.0 Å². The van der Waals surface area contributed by atoms with Gasteiger partial charge in [-0.1, -0.05) is 30.2 Å². The third kappa shape index (κ3) is 5.32. The monoisotopic (exact) mass is 588 g/mol. The molecule has 1 N–H and O–H groups in total. The van der Waals surface area contributed by atoms with Crippen LogP contribution in [-0.2, 0) is 9.59 Å². The first kappa shape index (κ1) is 27.8. The van der Waals surface area contributed by atoms with Gasteiger partial charge in [0.1, 0.15) is 0 Å². The topological polar surface area (TPSA) is 111 Å². The molecule has 42 heavy (non-hydrogen) atoms. The summed E-state index contributed by atoms with van der Waals surface area (Å²) in [5.74, 6) is -0.573. The fourth-order valence-corrected chi connectivity index (χ4v) is 5.91. The van der Waals surface area contributed by atoms with Gasteiger partial charge in [0.2, 0.25) is 11.8 Å².